The van der Waals surface area contributed by atoms with E-state index in [1.54, 1.807) is 0 Å². The van der Waals surface area contributed by atoms with Gasteiger partial charge in [-0.2, -0.15) is 0 Å². The van der Waals surface area contributed by atoms with E-state index in [1.165, 1.54) is 0 Å². The number of carbonyl (C=O) groups is 3. The fourth-order valence-corrected chi connectivity index (χ4v) is 3.26. The second-order valence-electron chi connectivity index (χ2n) is 5.20. The van der Waals surface area contributed by atoms with Gasteiger partial charge in [0.15, 0.2) is 0 Å². The van der Waals surface area contributed by atoms with Crippen molar-refractivity contribution in [3.63, 3.8) is 0 Å². The normalized spacial score (nSPS) is 39.2. The van der Waals surface area contributed by atoms with Crippen LogP contribution in [0.15, 0.2) is 11.6 Å². The Labute approximate surface area is 104 Å². The number of esters is 3. The van der Waals surface area contributed by atoms with Gasteiger partial charge in [-0.25, -0.2) is 0 Å². The van der Waals surface area contributed by atoms with E-state index >= 15 is 0 Å². The Bertz CT molecular complexity index is 464. The molecule has 0 amide bonds. The molecule has 0 saturated carbocycles. The van der Waals surface area contributed by atoms with Gasteiger partial charge >= 0.3 is 17.9 Å². The summed E-state index contributed by atoms with van der Waals surface area (Å²) in [5.74, 6) is -2.14. The second-order valence-corrected chi connectivity index (χ2v) is 5.20. The average molecular weight is 250 g/mol. The van der Waals surface area contributed by atoms with Crippen molar-refractivity contribution in [2.45, 2.75) is 19.8 Å². The summed E-state index contributed by atoms with van der Waals surface area (Å²) in [5, 5.41) is 0. The minimum Gasteiger partial charge on any atom is -0.465 e. The number of ether oxygens (including phenoxy) is 2. The Hall–Kier alpha value is -1.65. The van der Waals surface area contributed by atoms with E-state index in [0.717, 1.165) is 5.57 Å². The first-order valence-corrected chi connectivity index (χ1v) is 6.18. The van der Waals surface area contributed by atoms with Gasteiger partial charge in [-0.15, -0.1) is 0 Å². The van der Waals surface area contributed by atoms with Crippen molar-refractivity contribution in [1.29, 1.82) is 0 Å². The van der Waals surface area contributed by atoms with Crippen LogP contribution in [0.25, 0.3) is 0 Å². The predicted octanol–water partition coefficient (Wildman–Crippen LogP) is 0.831. The zero-order valence-corrected chi connectivity index (χ0v) is 10.0. The first kappa shape index (κ1) is 11.4. The quantitative estimate of drug-likeness (QED) is 0.391. The van der Waals surface area contributed by atoms with E-state index in [9.17, 15) is 14.4 Å². The Kier molecular flexibility index (Phi) is 2.50. The van der Waals surface area contributed by atoms with E-state index in [-0.39, 0.29) is 17.8 Å². The molecule has 96 valence electrons. The Balaban J connectivity index is 1.88. The number of hydrogen-bond acceptors (Lipinski definition) is 5. The monoisotopic (exact) mass is 250 g/mol. The fraction of sp³-hybridized carbons (Fsp3) is 0.615. The third kappa shape index (κ3) is 1.57. The maximum Gasteiger partial charge on any atom is 0.321 e. The molecule has 0 N–H and O–H groups in total. The fourth-order valence-electron chi connectivity index (χ4n) is 3.26. The minimum atomic E-state index is -0.453. The molecule has 2 aliphatic heterocycles. The predicted molar refractivity (Wildman–Crippen MR) is 59.0 cm³/mol. The van der Waals surface area contributed by atoms with Gasteiger partial charge < -0.3 is 9.47 Å². The van der Waals surface area contributed by atoms with Crippen LogP contribution in [0.4, 0.5) is 0 Å². The number of carbonyl (C=O) groups excluding carboxylic acids is 3. The molecule has 4 unspecified atom stereocenters. The van der Waals surface area contributed by atoms with Crippen LogP contribution >= 0.6 is 0 Å². The molecule has 0 radical (unpaired) electrons. The van der Waals surface area contributed by atoms with Crippen molar-refractivity contribution in [3.8, 4) is 0 Å². The van der Waals surface area contributed by atoms with Crippen molar-refractivity contribution in [1.82, 2.24) is 0 Å². The lowest BCUT2D eigenvalue weighted by atomic mass is 9.72. The van der Waals surface area contributed by atoms with Gasteiger partial charge in [0, 0.05) is 0 Å². The highest BCUT2D eigenvalue weighted by Crippen LogP contribution is 2.43. The van der Waals surface area contributed by atoms with E-state index in [1.807, 2.05) is 13.0 Å². The Morgan fingerprint density at radius 1 is 1.11 bits per heavy atom. The standard InChI is InChI=1S/C13H14O5/c1-6-4-7(8-2-3-17-11(8)14)5-9-10(6)13(16)18-12(9)15/h4,7-10H,2-3,5H2,1H3. The molecular formula is C13H14O5. The van der Waals surface area contributed by atoms with Crippen LogP contribution in [-0.4, -0.2) is 24.5 Å². The highest BCUT2D eigenvalue weighted by molar-refractivity contribution is 5.98. The van der Waals surface area contributed by atoms with Crippen molar-refractivity contribution < 1.29 is 23.9 Å². The first-order chi connectivity index (χ1) is 8.58. The van der Waals surface area contributed by atoms with Crippen molar-refractivity contribution in [2.24, 2.45) is 23.7 Å². The number of allylic oxidation sites excluding steroid dienone is 1. The lowest BCUT2D eigenvalue weighted by Crippen LogP contribution is -2.31. The van der Waals surface area contributed by atoms with Gasteiger partial charge in [0.1, 0.15) is 0 Å². The summed E-state index contributed by atoms with van der Waals surface area (Å²) in [6.45, 7) is 2.27. The number of rotatable bonds is 1. The summed E-state index contributed by atoms with van der Waals surface area (Å²) >= 11 is 0. The molecule has 0 spiro atoms. The van der Waals surface area contributed by atoms with E-state index in [0.29, 0.717) is 19.4 Å². The summed E-state index contributed by atoms with van der Waals surface area (Å²) in [6, 6.07) is 0. The van der Waals surface area contributed by atoms with Gasteiger partial charge in [-0.3, -0.25) is 14.4 Å². The molecule has 5 nitrogen and oxygen atoms in total. The summed E-state index contributed by atoms with van der Waals surface area (Å²) < 4.78 is 9.64. The van der Waals surface area contributed by atoms with Crippen LogP contribution in [0.2, 0.25) is 0 Å². The van der Waals surface area contributed by atoms with Crippen molar-refractivity contribution in [2.75, 3.05) is 6.61 Å². The van der Waals surface area contributed by atoms with Crippen molar-refractivity contribution >= 4 is 17.9 Å². The van der Waals surface area contributed by atoms with Crippen LogP contribution < -0.4 is 0 Å². The molecular weight excluding hydrogens is 236 g/mol. The summed E-state index contributed by atoms with van der Waals surface area (Å²) in [7, 11) is 0. The van der Waals surface area contributed by atoms with Crippen LogP contribution in [0.5, 0.6) is 0 Å². The molecule has 5 heteroatoms. The average Bonchev–Trinajstić information content (AvgIpc) is 2.84. The molecule has 0 bridgehead atoms. The topological polar surface area (TPSA) is 69.7 Å². The zero-order chi connectivity index (χ0) is 12.9. The maximum atomic E-state index is 11.6. The van der Waals surface area contributed by atoms with Crippen LogP contribution in [0.1, 0.15) is 19.8 Å². The lowest BCUT2D eigenvalue weighted by Gasteiger charge is -2.28. The van der Waals surface area contributed by atoms with Gasteiger partial charge in [0.2, 0.25) is 0 Å². The van der Waals surface area contributed by atoms with Gasteiger partial charge in [0.05, 0.1) is 24.4 Å². The SMILES string of the molecule is CC1=CC(C2CCOC2=O)CC2C(=O)OC(=O)C12. The molecule has 0 aromatic rings. The van der Waals surface area contributed by atoms with Crippen molar-refractivity contribution in [3.05, 3.63) is 11.6 Å². The number of fused-ring (bicyclic) bond motifs is 1. The number of cyclic esters (lactones) is 3. The highest BCUT2D eigenvalue weighted by atomic mass is 16.6. The number of hydrogen-bond donors (Lipinski definition) is 0. The molecule has 3 rings (SSSR count). The Morgan fingerprint density at radius 2 is 1.89 bits per heavy atom. The van der Waals surface area contributed by atoms with Crippen LogP contribution in [-0.2, 0) is 23.9 Å². The summed E-state index contributed by atoms with van der Waals surface area (Å²) in [6.07, 6.45) is 3.14. The smallest absolute Gasteiger partial charge is 0.321 e. The molecule has 3 aliphatic rings. The molecule has 2 saturated heterocycles. The van der Waals surface area contributed by atoms with Crippen LogP contribution in [0, 0.1) is 23.7 Å². The molecule has 0 aromatic heterocycles. The minimum absolute atomic E-state index is 0.0142. The molecule has 1 aliphatic carbocycles. The lowest BCUT2D eigenvalue weighted by molar-refractivity contribution is -0.154. The molecule has 4 atom stereocenters. The molecule has 0 aromatic carbocycles. The molecule has 18 heavy (non-hydrogen) atoms. The van der Waals surface area contributed by atoms with E-state index in [4.69, 9.17) is 4.74 Å². The second kappa shape index (κ2) is 3.93. The summed E-state index contributed by atoms with van der Waals surface area (Å²) in [4.78, 5) is 34.7. The van der Waals surface area contributed by atoms with Crippen LogP contribution in [0.3, 0.4) is 0 Å². The van der Waals surface area contributed by atoms with E-state index < -0.39 is 23.8 Å². The molecule has 2 heterocycles. The first-order valence-electron chi connectivity index (χ1n) is 6.18. The van der Waals surface area contributed by atoms with E-state index in [2.05, 4.69) is 4.74 Å². The molecule has 2 fully saturated rings. The summed E-state index contributed by atoms with van der Waals surface area (Å²) in [5.41, 5.74) is 0.840. The highest BCUT2D eigenvalue weighted by Gasteiger charge is 2.50. The third-order valence-electron chi connectivity index (χ3n) is 4.15. The third-order valence-corrected chi connectivity index (χ3v) is 4.15. The van der Waals surface area contributed by atoms with Gasteiger partial charge in [-0.05, 0) is 25.7 Å². The van der Waals surface area contributed by atoms with Gasteiger partial charge in [0.25, 0.3) is 0 Å². The largest absolute Gasteiger partial charge is 0.465 e. The maximum absolute atomic E-state index is 11.6. The zero-order valence-electron chi connectivity index (χ0n) is 10.0. The van der Waals surface area contributed by atoms with Gasteiger partial charge in [-0.1, -0.05) is 11.6 Å². The Morgan fingerprint density at radius 3 is 2.56 bits per heavy atom.